The van der Waals surface area contributed by atoms with Crippen LogP contribution in [0.2, 0.25) is 0 Å². The zero-order valence-electron chi connectivity index (χ0n) is 14.2. The summed E-state index contributed by atoms with van der Waals surface area (Å²) in [6, 6.07) is 15.4. The molecular formula is C20H27NO. The molecule has 0 aromatic heterocycles. The first kappa shape index (κ1) is 16.7. The highest BCUT2D eigenvalue weighted by atomic mass is 16.1. The van der Waals surface area contributed by atoms with Crippen LogP contribution in [0.3, 0.4) is 0 Å². The molecule has 0 saturated heterocycles. The minimum absolute atomic E-state index is 0.100. The van der Waals surface area contributed by atoms with Crippen LogP contribution >= 0.6 is 0 Å². The van der Waals surface area contributed by atoms with E-state index in [9.17, 15) is 4.79 Å². The first-order valence-corrected chi connectivity index (χ1v) is 8.25. The molecule has 0 saturated carbocycles. The monoisotopic (exact) mass is 297 g/mol. The van der Waals surface area contributed by atoms with Gasteiger partial charge in [-0.25, -0.2) is 0 Å². The van der Waals surface area contributed by atoms with Gasteiger partial charge < -0.3 is 0 Å². The van der Waals surface area contributed by atoms with E-state index in [1.54, 1.807) is 0 Å². The lowest BCUT2D eigenvalue weighted by Gasteiger charge is -2.28. The van der Waals surface area contributed by atoms with Gasteiger partial charge in [0.05, 0.1) is 6.54 Å². The minimum Gasteiger partial charge on any atom is -0.298 e. The van der Waals surface area contributed by atoms with Crippen LogP contribution in [0.15, 0.2) is 42.5 Å². The van der Waals surface area contributed by atoms with Gasteiger partial charge in [0.1, 0.15) is 5.78 Å². The molecule has 0 fully saturated rings. The Morgan fingerprint density at radius 1 is 1.05 bits per heavy atom. The molecule has 0 spiro atoms. The summed E-state index contributed by atoms with van der Waals surface area (Å²) >= 11 is 0. The summed E-state index contributed by atoms with van der Waals surface area (Å²) in [5, 5.41) is 2.53. The van der Waals surface area contributed by atoms with Gasteiger partial charge in [-0.1, -0.05) is 57.2 Å². The summed E-state index contributed by atoms with van der Waals surface area (Å²) in [4.78, 5) is 14.4. The zero-order valence-corrected chi connectivity index (χ0v) is 14.2. The summed E-state index contributed by atoms with van der Waals surface area (Å²) in [7, 11) is 0. The average molecular weight is 297 g/mol. The van der Waals surface area contributed by atoms with E-state index in [1.807, 2.05) is 13.8 Å². The lowest BCUT2D eigenvalue weighted by molar-refractivity contribution is -0.123. The number of ketones is 1. The van der Waals surface area contributed by atoms with E-state index in [2.05, 4.69) is 61.2 Å². The number of hydrogen-bond acceptors (Lipinski definition) is 2. The normalized spacial score (nSPS) is 13.0. The molecule has 0 aliphatic carbocycles. The van der Waals surface area contributed by atoms with E-state index in [4.69, 9.17) is 0 Å². The number of nitrogens with zero attached hydrogens (tertiary/aromatic N) is 1. The predicted octanol–water partition coefficient (Wildman–Crippen LogP) is 4.67. The molecule has 22 heavy (non-hydrogen) atoms. The SMILES string of the molecule is CCC(C)N(CC(=O)C(C)C)Cc1ccc2ccccc2c1. The number of fused-ring (bicyclic) bond motifs is 1. The quantitative estimate of drug-likeness (QED) is 0.740. The largest absolute Gasteiger partial charge is 0.298 e. The first-order valence-electron chi connectivity index (χ1n) is 8.25. The number of carbonyl (C=O) groups excluding carboxylic acids is 1. The number of Topliss-reactive ketones (excluding diaryl/α,β-unsaturated/α-hetero) is 1. The molecule has 2 rings (SSSR count). The Bertz CT molecular complexity index is 632. The molecule has 2 heteroatoms. The number of hydrogen-bond donors (Lipinski definition) is 0. The van der Waals surface area contributed by atoms with Gasteiger partial charge >= 0.3 is 0 Å². The van der Waals surface area contributed by atoms with E-state index in [1.165, 1.54) is 16.3 Å². The summed E-state index contributed by atoms with van der Waals surface area (Å²) in [6.45, 7) is 9.71. The van der Waals surface area contributed by atoms with E-state index in [0.29, 0.717) is 18.4 Å². The summed E-state index contributed by atoms with van der Waals surface area (Å²) in [5.41, 5.74) is 1.27. The van der Waals surface area contributed by atoms with Crippen molar-refractivity contribution < 1.29 is 4.79 Å². The van der Waals surface area contributed by atoms with Crippen LogP contribution in [0.25, 0.3) is 10.8 Å². The van der Waals surface area contributed by atoms with Crippen LogP contribution in [0, 0.1) is 5.92 Å². The predicted molar refractivity (Wildman–Crippen MR) is 94.0 cm³/mol. The van der Waals surface area contributed by atoms with Crippen molar-refractivity contribution in [2.45, 2.75) is 46.7 Å². The van der Waals surface area contributed by atoms with E-state index < -0.39 is 0 Å². The third-order valence-electron chi connectivity index (χ3n) is 4.42. The highest BCUT2D eigenvalue weighted by Crippen LogP contribution is 2.18. The van der Waals surface area contributed by atoms with Crippen molar-refractivity contribution >= 4 is 16.6 Å². The van der Waals surface area contributed by atoms with Gasteiger partial charge in [-0.15, -0.1) is 0 Å². The lowest BCUT2D eigenvalue weighted by atomic mass is 10.0. The molecule has 2 aromatic rings. The molecular weight excluding hydrogens is 270 g/mol. The highest BCUT2D eigenvalue weighted by Gasteiger charge is 2.18. The van der Waals surface area contributed by atoms with Crippen molar-refractivity contribution in [2.75, 3.05) is 6.54 Å². The molecule has 0 bridgehead atoms. The smallest absolute Gasteiger partial charge is 0.149 e. The molecule has 0 heterocycles. The fourth-order valence-electron chi connectivity index (χ4n) is 2.58. The molecule has 1 unspecified atom stereocenters. The molecule has 118 valence electrons. The van der Waals surface area contributed by atoms with Crippen LogP contribution in [0.5, 0.6) is 0 Å². The second-order valence-electron chi connectivity index (χ2n) is 6.46. The van der Waals surface area contributed by atoms with Crippen molar-refractivity contribution in [2.24, 2.45) is 5.92 Å². The number of benzene rings is 2. The summed E-state index contributed by atoms with van der Waals surface area (Å²) < 4.78 is 0. The van der Waals surface area contributed by atoms with E-state index in [-0.39, 0.29) is 5.92 Å². The fraction of sp³-hybridized carbons (Fsp3) is 0.450. The van der Waals surface area contributed by atoms with Crippen molar-refractivity contribution in [1.82, 2.24) is 4.90 Å². The average Bonchev–Trinajstić information content (AvgIpc) is 2.53. The molecule has 0 aliphatic rings. The topological polar surface area (TPSA) is 20.3 Å². The second-order valence-corrected chi connectivity index (χ2v) is 6.46. The number of carbonyl (C=O) groups is 1. The summed E-state index contributed by atoms with van der Waals surface area (Å²) in [5.74, 6) is 0.421. The minimum atomic E-state index is 0.100. The fourth-order valence-corrected chi connectivity index (χ4v) is 2.58. The molecule has 2 nitrogen and oxygen atoms in total. The maximum Gasteiger partial charge on any atom is 0.149 e. The van der Waals surface area contributed by atoms with Crippen LogP contribution in [0.4, 0.5) is 0 Å². The molecule has 0 amide bonds. The Morgan fingerprint density at radius 2 is 1.73 bits per heavy atom. The van der Waals surface area contributed by atoms with Crippen LogP contribution in [0.1, 0.15) is 39.7 Å². The third-order valence-corrected chi connectivity index (χ3v) is 4.42. The van der Waals surface area contributed by atoms with Gasteiger partial charge in [0.25, 0.3) is 0 Å². The van der Waals surface area contributed by atoms with Crippen LogP contribution < -0.4 is 0 Å². The van der Waals surface area contributed by atoms with Gasteiger partial charge in [0.15, 0.2) is 0 Å². The van der Waals surface area contributed by atoms with Gasteiger partial charge in [-0.3, -0.25) is 9.69 Å². The van der Waals surface area contributed by atoms with Crippen LogP contribution in [-0.4, -0.2) is 23.3 Å². The Labute approximate surface area is 134 Å². The summed E-state index contributed by atoms with van der Waals surface area (Å²) in [6.07, 6.45) is 1.05. The Balaban J connectivity index is 2.18. The molecule has 0 N–H and O–H groups in total. The molecule has 1 atom stereocenters. The van der Waals surface area contributed by atoms with Crippen molar-refractivity contribution in [3.8, 4) is 0 Å². The molecule has 0 aliphatic heterocycles. The first-order chi connectivity index (χ1) is 10.5. The third kappa shape index (κ3) is 4.17. The standard InChI is InChI=1S/C20H27NO/c1-5-16(4)21(14-20(22)15(2)3)13-17-10-11-18-8-6-7-9-19(18)12-17/h6-12,15-16H,5,13-14H2,1-4H3. The second kappa shape index (κ2) is 7.55. The molecule has 0 radical (unpaired) electrons. The van der Waals surface area contributed by atoms with Gasteiger partial charge in [0, 0.05) is 18.5 Å². The van der Waals surface area contributed by atoms with Gasteiger partial charge in [-0.05, 0) is 35.7 Å². The van der Waals surface area contributed by atoms with Gasteiger partial charge in [-0.2, -0.15) is 0 Å². The van der Waals surface area contributed by atoms with E-state index in [0.717, 1.165) is 13.0 Å². The van der Waals surface area contributed by atoms with Crippen molar-refractivity contribution in [1.29, 1.82) is 0 Å². The van der Waals surface area contributed by atoms with Crippen LogP contribution in [-0.2, 0) is 11.3 Å². The molecule has 2 aromatic carbocycles. The van der Waals surface area contributed by atoms with E-state index >= 15 is 0 Å². The van der Waals surface area contributed by atoms with Crippen molar-refractivity contribution in [3.05, 3.63) is 48.0 Å². The Hall–Kier alpha value is -1.67. The Kier molecular flexibility index (Phi) is 5.73. The van der Waals surface area contributed by atoms with Gasteiger partial charge in [0.2, 0.25) is 0 Å². The maximum atomic E-state index is 12.1. The Morgan fingerprint density at radius 3 is 2.36 bits per heavy atom. The van der Waals surface area contributed by atoms with Crippen molar-refractivity contribution in [3.63, 3.8) is 0 Å². The number of rotatable bonds is 7. The highest BCUT2D eigenvalue weighted by molar-refractivity contribution is 5.83. The lowest BCUT2D eigenvalue weighted by Crippen LogP contribution is -2.37. The maximum absolute atomic E-state index is 12.1. The zero-order chi connectivity index (χ0) is 16.1.